The molecule has 0 spiro atoms. The fourth-order valence-electron chi connectivity index (χ4n) is 7.35. The van der Waals surface area contributed by atoms with E-state index in [2.05, 4.69) is 20.5 Å². The lowest BCUT2D eigenvalue weighted by atomic mass is 9.98. The van der Waals surface area contributed by atoms with Crippen LogP contribution in [0.25, 0.3) is 11.0 Å². The van der Waals surface area contributed by atoms with Crippen LogP contribution in [0.2, 0.25) is 0 Å². The van der Waals surface area contributed by atoms with E-state index in [-0.39, 0.29) is 36.3 Å². The molecule has 0 saturated carbocycles. The summed E-state index contributed by atoms with van der Waals surface area (Å²) in [6.45, 7) is 3.81. The van der Waals surface area contributed by atoms with Gasteiger partial charge in [0.05, 0.1) is 35.9 Å². The van der Waals surface area contributed by atoms with E-state index in [9.17, 15) is 19.5 Å². The van der Waals surface area contributed by atoms with Crippen molar-refractivity contribution in [1.29, 1.82) is 0 Å². The summed E-state index contributed by atoms with van der Waals surface area (Å²) < 4.78 is 15.1. The molecule has 52 heavy (non-hydrogen) atoms. The van der Waals surface area contributed by atoms with Gasteiger partial charge >= 0.3 is 11.7 Å². The molecule has 7 rings (SSSR count). The average molecular weight is 704 g/mol. The normalized spacial score (nSPS) is 20.4. The summed E-state index contributed by atoms with van der Waals surface area (Å²) >= 11 is 0. The number of hydrogen-bond donors (Lipinski definition) is 4. The van der Waals surface area contributed by atoms with Crippen molar-refractivity contribution in [2.75, 3.05) is 25.0 Å². The van der Waals surface area contributed by atoms with Gasteiger partial charge in [0.25, 0.3) is 0 Å². The van der Waals surface area contributed by atoms with E-state index in [1.165, 1.54) is 6.92 Å². The first kappa shape index (κ1) is 35.3. The number of nitrogens with one attached hydrogen (secondary N) is 3. The Morgan fingerprint density at radius 1 is 0.885 bits per heavy atom. The molecule has 2 saturated heterocycles. The van der Waals surface area contributed by atoms with Crippen LogP contribution in [0.1, 0.15) is 66.9 Å². The van der Waals surface area contributed by atoms with Crippen LogP contribution in [0.4, 0.5) is 10.5 Å². The number of aromatic nitrogens is 2. The topological polar surface area (TPSA) is 138 Å². The minimum Gasteiger partial charge on any atom is -0.392 e. The van der Waals surface area contributed by atoms with E-state index < -0.39 is 18.4 Å². The molecule has 4 N–H and O–H groups in total. The molecule has 11 nitrogen and oxygen atoms in total. The Morgan fingerprint density at radius 3 is 2.38 bits per heavy atom. The lowest BCUT2D eigenvalue weighted by molar-refractivity contribution is -0.253. The fourth-order valence-corrected chi connectivity index (χ4v) is 7.35. The maximum absolute atomic E-state index is 13.1. The number of carbonyl (C=O) groups is 2. The number of imidazole rings is 1. The number of rotatable bonds is 11. The standard InChI is InChI=1S/C41H45N5O6/c1-27(48)36(22-28-8-3-2-4-9-28)43-40(49)42-32-11-7-10-31(23-32)39-51-34(24-38(52-39)30-16-14-29(26-47)15-17-30)25-45-20-18-33(19-21-45)46-37-13-6-5-12-35(37)44-41(46)50/h2-17,23,33-34,36,38-39,47H,18-22,24-26H2,1H3,(H,44,50)(H2,42,43,49)/t34-,36+,38+,39?/m0/s1. The first-order chi connectivity index (χ1) is 25.3. The van der Waals surface area contributed by atoms with Crippen LogP contribution in [-0.2, 0) is 27.3 Å². The molecule has 2 amide bonds. The van der Waals surface area contributed by atoms with Crippen molar-refractivity contribution in [2.45, 2.75) is 69.8 Å². The molecule has 270 valence electrons. The number of anilines is 1. The molecule has 11 heteroatoms. The lowest BCUT2D eigenvalue weighted by Gasteiger charge is -2.40. The van der Waals surface area contributed by atoms with Gasteiger partial charge < -0.3 is 35.1 Å². The van der Waals surface area contributed by atoms with Gasteiger partial charge in [0.2, 0.25) is 0 Å². The maximum atomic E-state index is 13.1. The molecule has 1 unspecified atom stereocenters. The molecule has 0 radical (unpaired) electrons. The summed E-state index contributed by atoms with van der Waals surface area (Å²) in [6.07, 6.45) is 1.64. The second-order valence-corrected chi connectivity index (χ2v) is 13.8. The van der Waals surface area contributed by atoms with Gasteiger partial charge in [-0.2, -0.15) is 0 Å². The fraction of sp³-hybridized carbons (Fsp3) is 0.341. The molecule has 2 aliphatic rings. The van der Waals surface area contributed by atoms with E-state index in [1.54, 1.807) is 6.07 Å². The van der Waals surface area contributed by atoms with Crippen molar-refractivity contribution >= 4 is 28.5 Å². The van der Waals surface area contributed by atoms with Gasteiger partial charge in [-0.3, -0.25) is 9.36 Å². The van der Waals surface area contributed by atoms with Gasteiger partial charge in [-0.25, -0.2) is 9.59 Å². The van der Waals surface area contributed by atoms with Crippen LogP contribution in [0.15, 0.2) is 108 Å². The predicted octanol–water partition coefficient (Wildman–Crippen LogP) is 6.03. The number of ether oxygens (including phenoxy) is 2. The Labute approximate surface area is 302 Å². The number of ketones is 1. The monoisotopic (exact) mass is 703 g/mol. The Morgan fingerprint density at radius 2 is 1.63 bits per heavy atom. The van der Waals surface area contributed by atoms with E-state index in [0.717, 1.165) is 59.2 Å². The van der Waals surface area contributed by atoms with E-state index in [1.807, 2.05) is 102 Å². The molecule has 2 fully saturated rings. The number of para-hydroxylation sites is 2. The first-order valence-corrected chi connectivity index (χ1v) is 18.0. The highest BCUT2D eigenvalue weighted by atomic mass is 16.7. The van der Waals surface area contributed by atoms with Crippen molar-refractivity contribution < 1.29 is 24.2 Å². The number of H-pyrrole nitrogens is 1. The van der Waals surface area contributed by atoms with Crippen LogP contribution in [0.3, 0.4) is 0 Å². The van der Waals surface area contributed by atoms with E-state index in [0.29, 0.717) is 25.1 Å². The van der Waals surface area contributed by atoms with Crippen molar-refractivity contribution in [3.05, 3.63) is 136 Å². The molecular weight excluding hydrogens is 658 g/mol. The third-order valence-corrected chi connectivity index (χ3v) is 10.1. The summed E-state index contributed by atoms with van der Waals surface area (Å²) in [5.41, 5.74) is 5.82. The number of aliphatic hydroxyl groups is 1. The quantitative estimate of drug-likeness (QED) is 0.132. The number of urea groups is 1. The van der Waals surface area contributed by atoms with Crippen molar-refractivity contribution in [3.63, 3.8) is 0 Å². The molecule has 2 aliphatic heterocycles. The van der Waals surface area contributed by atoms with E-state index in [4.69, 9.17) is 9.47 Å². The molecular formula is C41H45N5O6. The van der Waals surface area contributed by atoms with Crippen LogP contribution in [0, 0.1) is 0 Å². The van der Waals surface area contributed by atoms with Crippen molar-refractivity contribution in [2.24, 2.45) is 0 Å². The Kier molecular flexibility index (Phi) is 10.9. The van der Waals surface area contributed by atoms with Gasteiger partial charge in [0, 0.05) is 43.3 Å². The number of Topliss-reactive ketones (excluding diaryl/α,β-unsaturated/α-hetero) is 1. The zero-order valence-corrected chi connectivity index (χ0v) is 29.2. The van der Waals surface area contributed by atoms with Gasteiger partial charge in [-0.1, -0.05) is 78.9 Å². The highest BCUT2D eigenvalue weighted by Gasteiger charge is 2.34. The number of fused-ring (bicyclic) bond motifs is 1. The third kappa shape index (κ3) is 8.35. The summed E-state index contributed by atoms with van der Waals surface area (Å²) in [4.78, 5) is 43.7. The largest absolute Gasteiger partial charge is 0.392 e. The molecule has 0 bridgehead atoms. The number of aliphatic hydroxyl groups excluding tert-OH is 1. The molecule has 4 atom stereocenters. The number of aromatic amines is 1. The molecule has 4 aromatic carbocycles. The minimum atomic E-state index is -0.698. The van der Waals surface area contributed by atoms with Crippen LogP contribution >= 0.6 is 0 Å². The van der Waals surface area contributed by atoms with Crippen LogP contribution in [-0.4, -0.2) is 63.2 Å². The summed E-state index contributed by atoms with van der Waals surface area (Å²) in [6, 6.07) is 31.6. The number of benzene rings is 4. The van der Waals surface area contributed by atoms with Gasteiger partial charge in [-0.15, -0.1) is 0 Å². The highest BCUT2D eigenvalue weighted by Crippen LogP contribution is 2.39. The van der Waals surface area contributed by atoms with Crippen LogP contribution < -0.4 is 16.3 Å². The Hall–Kier alpha value is -5.07. The smallest absolute Gasteiger partial charge is 0.326 e. The highest BCUT2D eigenvalue weighted by molar-refractivity contribution is 5.93. The lowest BCUT2D eigenvalue weighted by Crippen LogP contribution is -2.43. The molecule has 0 aliphatic carbocycles. The Balaban J connectivity index is 1.03. The number of amides is 2. The van der Waals surface area contributed by atoms with Gasteiger partial charge in [0.1, 0.15) is 0 Å². The second-order valence-electron chi connectivity index (χ2n) is 13.8. The SMILES string of the molecule is CC(=O)[C@@H](Cc1ccccc1)NC(=O)Nc1cccc(C2O[C@H](CN3CCC(n4c(=O)[nH]c5ccccc54)CC3)C[C@H](c3ccc(CO)cc3)O2)c1. The Bertz CT molecular complexity index is 2040. The summed E-state index contributed by atoms with van der Waals surface area (Å²) in [5, 5.41) is 15.3. The minimum absolute atomic E-state index is 0.0341. The van der Waals surface area contributed by atoms with Crippen molar-refractivity contribution in [1.82, 2.24) is 19.8 Å². The number of hydrogen-bond acceptors (Lipinski definition) is 7. The summed E-state index contributed by atoms with van der Waals surface area (Å²) in [5.74, 6) is -0.128. The number of carbonyl (C=O) groups excluding carboxylic acids is 2. The van der Waals surface area contributed by atoms with Crippen LogP contribution in [0.5, 0.6) is 0 Å². The number of likely N-dealkylation sites (tertiary alicyclic amines) is 1. The predicted molar refractivity (Wildman–Crippen MR) is 199 cm³/mol. The van der Waals surface area contributed by atoms with E-state index >= 15 is 0 Å². The zero-order valence-electron chi connectivity index (χ0n) is 29.2. The molecule has 3 heterocycles. The average Bonchev–Trinajstić information content (AvgIpc) is 3.50. The third-order valence-electron chi connectivity index (χ3n) is 10.1. The van der Waals surface area contributed by atoms with Gasteiger partial charge in [-0.05, 0) is 67.1 Å². The zero-order chi connectivity index (χ0) is 36.0. The second kappa shape index (κ2) is 16.1. The maximum Gasteiger partial charge on any atom is 0.326 e. The van der Waals surface area contributed by atoms with Gasteiger partial charge in [0.15, 0.2) is 12.1 Å². The molecule has 5 aromatic rings. The number of piperidine rings is 1. The van der Waals surface area contributed by atoms with Crippen molar-refractivity contribution in [3.8, 4) is 0 Å². The number of nitrogens with zero attached hydrogens (tertiary/aromatic N) is 2. The molecule has 1 aromatic heterocycles. The first-order valence-electron chi connectivity index (χ1n) is 18.0. The summed E-state index contributed by atoms with van der Waals surface area (Å²) in [7, 11) is 0.